The summed E-state index contributed by atoms with van der Waals surface area (Å²) in [7, 11) is 0. The number of nitriles is 1. The maximum absolute atomic E-state index is 13.5. The Labute approximate surface area is 177 Å². The van der Waals surface area contributed by atoms with Crippen LogP contribution >= 0.6 is 11.6 Å². The highest BCUT2D eigenvalue weighted by atomic mass is 35.5. The summed E-state index contributed by atoms with van der Waals surface area (Å²) in [6.07, 6.45) is -0.746. The molecule has 0 fully saturated rings. The van der Waals surface area contributed by atoms with Crippen LogP contribution in [0, 0.1) is 11.3 Å². The van der Waals surface area contributed by atoms with E-state index in [0.29, 0.717) is 16.6 Å². The van der Waals surface area contributed by atoms with Crippen LogP contribution in [0.4, 0.5) is 13.2 Å². The largest absolute Gasteiger partial charge is 0.451 e. The van der Waals surface area contributed by atoms with Crippen molar-refractivity contribution in [1.82, 2.24) is 19.7 Å². The number of alkyl halides is 3. The van der Waals surface area contributed by atoms with Crippen LogP contribution in [0.3, 0.4) is 0 Å². The third-order valence-corrected chi connectivity index (χ3v) is 4.63. The number of halogens is 4. The number of nitrogens with one attached hydrogen (secondary N) is 1. The van der Waals surface area contributed by atoms with Gasteiger partial charge >= 0.3 is 6.18 Å². The topological polar surface area (TPSA) is 96.6 Å². The van der Waals surface area contributed by atoms with E-state index in [9.17, 15) is 18.0 Å². The predicted molar refractivity (Wildman–Crippen MR) is 105 cm³/mol. The molecule has 0 spiro atoms. The monoisotopic (exact) mass is 445 g/mol. The number of benzene rings is 1. The number of pyridine rings is 2. The van der Waals surface area contributed by atoms with E-state index >= 15 is 0 Å². The lowest BCUT2D eigenvalue weighted by atomic mass is 10.2. The number of H-pyrrole nitrogens is 1. The van der Waals surface area contributed by atoms with Crippen LogP contribution in [0.25, 0.3) is 10.9 Å². The molecule has 4 aromatic rings. The summed E-state index contributed by atoms with van der Waals surface area (Å²) < 4.78 is 47.0. The smallest absolute Gasteiger partial charge is 0.420 e. The molecule has 0 aliphatic heterocycles. The zero-order chi connectivity index (χ0) is 22.2. The van der Waals surface area contributed by atoms with Gasteiger partial charge in [0.1, 0.15) is 16.8 Å². The van der Waals surface area contributed by atoms with Crippen molar-refractivity contribution in [1.29, 1.82) is 5.26 Å². The van der Waals surface area contributed by atoms with Crippen molar-refractivity contribution >= 4 is 22.5 Å². The molecule has 11 heteroatoms. The number of aromatic amines is 1. The SMILES string of the molecule is N#Cc1cc(Cl)cc(Oc2c(C(F)(F)F)ccn(Cc3[nH]nc4cnccc34)c2=O)c1. The van der Waals surface area contributed by atoms with Crippen LogP contribution in [-0.4, -0.2) is 19.7 Å². The predicted octanol–water partition coefficient (Wildman–Crippen LogP) is 4.50. The van der Waals surface area contributed by atoms with E-state index in [1.807, 2.05) is 6.07 Å². The van der Waals surface area contributed by atoms with Crippen molar-refractivity contribution < 1.29 is 17.9 Å². The van der Waals surface area contributed by atoms with Gasteiger partial charge in [0.25, 0.3) is 5.56 Å². The second-order valence-electron chi connectivity index (χ2n) is 6.47. The quantitative estimate of drug-likeness (QED) is 0.498. The van der Waals surface area contributed by atoms with Gasteiger partial charge in [0, 0.05) is 22.8 Å². The lowest BCUT2D eigenvalue weighted by molar-refractivity contribution is -0.138. The minimum Gasteiger partial charge on any atom is -0.451 e. The van der Waals surface area contributed by atoms with Crippen molar-refractivity contribution in [3.05, 3.63) is 81.1 Å². The first-order valence-corrected chi connectivity index (χ1v) is 9.10. The van der Waals surface area contributed by atoms with Gasteiger partial charge in [0.15, 0.2) is 0 Å². The normalized spacial score (nSPS) is 11.5. The lowest BCUT2D eigenvalue weighted by Gasteiger charge is -2.15. The Morgan fingerprint density at radius 3 is 2.81 bits per heavy atom. The molecule has 0 atom stereocenters. The Morgan fingerprint density at radius 2 is 2.06 bits per heavy atom. The van der Waals surface area contributed by atoms with Crippen LogP contribution in [0.5, 0.6) is 11.5 Å². The maximum Gasteiger partial charge on any atom is 0.420 e. The van der Waals surface area contributed by atoms with E-state index in [4.69, 9.17) is 21.6 Å². The molecule has 0 aliphatic carbocycles. The molecule has 0 bridgehead atoms. The highest BCUT2D eigenvalue weighted by Crippen LogP contribution is 2.36. The molecule has 1 aromatic carbocycles. The Balaban J connectivity index is 1.80. The van der Waals surface area contributed by atoms with Gasteiger partial charge in [-0.3, -0.25) is 14.9 Å². The molecule has 0 aliphatic rings. The van der Waals surface area contributed by atoms with Gasteiger partial charge in [0.2, 0.25) is 5.75 Å². The first-order valence-electron chi connectivity index (χ1n) is 8.72. The van der Waals surface area contributed by atoms with Crippen molar-refractivity contribution in [2.24, 2.45) is 0 Å². The van der Waals surface area contributed by atoms with E-state index in [1.165, 1.54) is 30.6 Å². The van der Waals surface area contributed by atoms with Gasteiger partial charge < -0.3 is 9.30 Å². The van der Waals surface area contributed by atoms with Gasteiger partial charge in [0.05, 0.1) is 30.1 Å². The summed E-state index contributed by atoms with van der Waals surface area (Å²) in [5.41, 5.74) is -1.11. The Kier molecular flexibility index (Phi) is 5.12. The first-order chi connectivity index (χ1) is 14.8. The molecule has 156 valence electrons. The van der Waals surface area contributed by atoms with Crippen molar-refractivity contribution in [3.8, 4) is 17.6 Å². The fourth-order valence-corrected chi connectivity index (χ4v) is 3.24. The van der Waals surface area contributed by atoms with Crippen LogP contribution < -0.4 is 10.3 Å². The van der Waals surface area contributed by atoms with Crippen molar-refractivity contribution in [2.75, 3.05) is 0 Å². The van der Waals surface area contributed by atoms with Crippen LogP contribution in [0.2, 0.25) is 5.02 Å². The fraction of sp³-hybridized carbons (Fsp3) is 0.100. The Bertz CT molecular complexity index is 1390. The Hall–Kier alpha value is -3.84. The third kappa shape index (κ3) is 4.08. The molecule has 7 nitrogen and oxygen atoms in total. The van der Waals surface area contributed by atoms with E-state index in [1.54, 1.807) is 6.07 Å². The number of rotatable bonds is 4. The average Bonchev–Trinajstić information content (AvgIpc) is 3.12. The number of hydrogen-bond acceptors (Lipinski definition) is 5. The lowest BCUT2D eigenvalue weighted by Crippen LogP contribution is -2.25. The molecule has 31 heavy (non-hydrogen) atoms. The van der Waals surface area contributed by atoms with Gasteiger partial charge in [-0.05, 0) is 30.3 Å². The fourth-order valence-electron chi connectivity index (χ4n) is 3.01. The minimum atomic E-state index is -4.84. The second kappa shape index (κ2) is 7.77. The van der Waals surface area contributed by atoms with Crippen molar-refractivity contribution in [2.45, 2.75) is 12.7 Å². The summed E-state index contributed by atoms with van der Waals surface area (Å²) in [6.45, 7) is -0.0766. The molecule has 0 saturated carbocycles. The molecule has 0 amide bonds. The Morgan fingerprint density at radius 1 is 1.26 bits per heavy atom. The molecule has 4 rings (SSSR count). The van der Waals surface area contributed by atoms with Crippen molar-refractivity contribution in [3.63, 3.8) is 0 Å². The highest BCUT2D eigenvalue weighted by Gasteiger charge is 2.36. The van der Waals surface area contributed by atoms with E-state index in [0.717, 1.165) is 16.8 Å². The van der Waals surface area contributed by atoms with Crippen LogP contribution in [0.15, 0.2) is 53.7 Å². The summed E-state index contributed by atoms with van der Waals surface area (Å²) >= 11 is 5.89. The molecule has 1 N–H and O–H groups in total. The maximum atomic E-state index is 13.5. The second-order valence-corrected chi connectivity index (χ2v) is 6.91. The van der Waals surface area contributed by atoms with Gasteiger partial charge in [-0.15, -0.1) is 0 Å². The summed E-state index contributed by atoms with van der Waals surface area (Å²) in [5, 5.41) is 16.6. The zero-order valence-electron chi connectivity index (χ0n) is 15.4. The van der Waals surface area contributed by atoms with E-state index < -0.39 is 23.0 Å². The third-order valence-electron chi connectivity index (χ3n) is 4.41. The molecule has 0 unspecified atom stereocenters. The van der Waals surface area contributed by atoms with Crippen LogP contribution in [0.1, 0.15) is 16.8 Å². The number of hydrogen-bond donors (Lipinski definition) is 1. The van der Waals surface area contributed by atoms with E-state index in [2.05, 4.69) is 15.2 Å². The zero-order valence-corrected chi connectivity index (χ0v) is 16.2. The van der Waals surface area contributed by atoms with Crippen LogP contribution in [-0.2, 0) is 12.7 Å². The highest BCUT2D eigenvalue weighted by molar-refractivity contribution is 6.30. The number of ether oxygens (including phenoxy) is 1. The molecule has 0 radical (unpaired) electrons. The molecular weight excluding hydrogens is 435 g/mol. The molecule has 0 saturated heterocycles. The summed E-state index contributed by atoms with van der Waals surface area (Å²) in [5.74, 6) is -1.09. The standard InChI is InChI=1S/C20H11ClF3N5O2/c21-12-5-11(8-25)6-13(7-12)31-18-15(20(22,23)24)2-4-29(19(18)30)10-17-14-1-3-26-9-16(14)27-28-17/h1-7,9H,10H2,(H,27,28). The van der Waals surface area contributed by atoms with Gasteiger partial charge in [-0.2, -0.15) is 23.5 Å². The summed E-state index contributed by atoms with van der Waals surface area (Å²) in [4.78, 5) is 16.9. The van der Waals surface area contributed by atoms with Gasteiger partial charge in [-0.1, -0.05) is 11.6 Å². The van der Waals surface area contributed by atoms with E-state index in [-0.39, 0.29) is 22.9 Å². The minimum absolute atomic E-state index is 0.0739. The first kappa shape index (κ1) is 20.4. The van der Waals surface area contributed by atoms with Gasteiger partial charge in [-0.25, -0.2) is 0 Å². The number of fused-ring (bicyclic) bond motifs is 1. The molecule has 3 heterocycles. The average molecular weight is 446 g/mol. The number of nitrogens with zero attached hydrogens (tertiary/aromatic N) is 4. The summed E-state index contributed by atoms with van der Waals surface area (Å²) in [6, 6.07) is 7.99. The number of aromatic nitrogens is 4. The molecular formula is C20H11ClF3N5O2. The molecule has 3 aromatic heterocycles.